The first-order chi connectivity index (χ1) is 8.72. The lowest BCUT2D eigenvalue weighted by Crippen LogP contribution is -2.64. The lowest BCUT2D eigenvalue weighted by atomic mass is 9.49. The Balaban J connectivity index is 1.99. The van der Waals surface area contributed by atoms with Crippen molar-refractivity contribution in [1.29, 1.82) is 0 Å². The van der Waals surface area contributed by atoms with E-state index in [2.05, 4.69) is 23.5 Å². The molecule has 0 radical (unpaired) electrons. The van der Waals surface area contributed by atoms with Crippen molar-refractivity contribution < 1.29 is 4.74 Å². The smallest absolute Gasteiger partial charge is 0.0591 e. The number of benzene rings is 1. The van der Waals surface area contributed by atoms with E-state index in [-0.39, 0.29) is 5.41 Å². The van der Waals surface area contributed by atoms with Crippen LogP contribution in [0.1, 0.15) is 24.8 Å². The Morgan fingerprint density at radius 3 is 2.56 bits per heavy atom. The molecular weight excluding hydrogens is 246 g/mol. The third-order valence-corrected chi connectivity index (χ3v) is 5.15. The number of rotatable bonds is 4. The van der Waals surface area contributed by atoms with Gasteiger partial charge in [-0.25, -0.2) is 0 Å². The van der Waals surface area contributed by atoms with Gasteiger partial charge in [-0.05, 0) is 43.0 Å². The summed E-state index contributed by atoms with van der Waals surface area (Å²) >= 11 is 6.16. The molecule has 0 bridgehead atoms. The Morgan fingerprint density at radius 2 is 2.11 bits per heavy atom. The predicted molar refractivity (Wildman–Crippen MR) is 74.2 cm³/mol. The second-order valence-electron chi connectivity index (χ2n) is 5.75. The van der Waals surface area contributed by atoms with Crippen LogP contribution in [0.4, 0.5) is 0 Å². The topological polar surface area (TPSA) is 21.3 Å². The van der Waals surface area contributed by atoms with Gasteiger partial charge < -0.3 is 10.1 Å². The van der Waals surface area contributed by atoms with Gasteiger partial charge in [0.2, 0.25) is 0 Å². The normalized spacial score (nSPS) is 24.1. The van der Waals surface area contributed by atoms with Gasteiger partial charge in [0.05, 0.1) is 13.2 Å². The zero-order chi connectivity index (χ0) is 12.6. The van der Waals surface area contributed by atoms with Gasteiger partial charge in [0.25, 0.3) is 0 Å². The Morgan fingerprint density at radius 1 is 1.33 bits per heavy atom. The van der Waals surface area contributed by atoms with Gasteiger partial charge in [0.15, 0.2) is 0 Å². The summed E-state index contributed by atoms with van der Waals surface area (Å²) in [5, 5.41) is 4.21. The highest BCUT2D eigenvalue weighted by atomic mass is 35.5. The molecule has 1 saturated heterocycles. The van der Waals surface area contributed by atoms with Crippen molar-refractivity contribution in [1.82, 2.24) is 5.32 Å². The minimum Gasteiger partial charge on any atom is -0.379 e. The van der Waals surface area contributed by atoms with E-state index < -0.39 is 0 Å². The number of nitrogens with one attached hydrogen (secondary N) is 1. The highest BCUT2D eigenvalue weighted by Crippen LogP contribution is 2.58. The van der Waals surface area contributed by atoms with Crippen molar-refractivity contribution in [2.45, 2.75) is 24.7 Å². The van der Waals surface area contributed by atoms with Crippen LogP contribution in [0.25, 0.3) is 0 Å². The molecule has 1 N–H and O–H groups in total. The van der Waals surface area contributed by atoms with E-state index in [9.17, 15) is 0 Å². The molecule has 2 fully saturated rings. The summed E-state index contributed by atoms with van der Waals surface area (Å²) in [6, 6.07) is 8.34. The van der Waals surface area contributed by atoms with E-state index in [4.69, 9.17) is 16.3 Å². The van der Waals surface area contributed by atoms with Crippen LogP contribution in [0.3, 0.4) is 0 Å². The standard InChI is InChI=1S/C15H20ClNO/c1-17-9-14(6-3-7-14)15(10-18-11-15)12-4-2-5-13(16)8-12/h2,4-5,8,17H,3,6-7,9-11H2,1H3. The summed E-state index contributed by atoms with van der Waals surface area (Å²) in [4.78, 5) is 0. The first-order valence-corrected chi connectivity index (χ1v) is 7.09. The van der Waals surface area contributed by atoms with Crippen molar-refractivity contribution >= 4 is 11.6 Å². The molecule has 0 aromatic heterocycles. The minimum absolute atomic E-state index is 0.180. The van der Waals surface area contributed by atoms with Crippen molar-refractivity contribution in [2.75, 3.05) is 26.8 Å². The molecule has 98 valence electrons. The fourth-order valence-corrected chi connectivity index (χ4v) is 3.83. The highest BCUT2D eigenvalue weighted by Gasteiger charge is 2.59. The van der Waals surface area contributed by atoms with Crippen LogP contribution in [0.2, 0.25) is 5.02 Å². The van der Waals surface area contributed by atoms with Gasteiger partial charge in [0.1, 0.15) is 0 Å². The monoisotopic (exact) mass is 265 g/mol. The molecule has 0 atom stereocenters. The summed E-state index contributed by atoms with van der Waals surface area (Å²) < 4.78 is 5.59. The molecule has 1 aromatic carbocycles. The van der Waals surface area contributed by atoms with Gasteiger partial charge in [0, 0.05) is 17.0 Å². The summed E-state index contributed by atoms with van der Waals surface area (Å²) in [5.41, 5.74) is 1.90. The van der Waals surface area contributed by atoms with Gasteiger partial charge >= 0.3 is 0 Å². The molecule has 0 unspecified atom stereocenters. The van der Waals surface area contributed by atoms with Crippen LogP contribution in [0.15, 0.2) is 24.3 Å². The first kappa shape index (κ1) is 12.5. The Bertz CT molecular complexity index is 438. The van der Waals surface area contributed by atoms with Gasteiger partial charge in [-0.15, -0.1) is 0 Å². The maximum absolute atomic E-state index is 6.16. The Hall–Kier alpha value is -0.570. The molecule has 2 nitrogen and oxygen atoms in total. The molecule has 0 spiro atoms. The molecule has 1 aromatic rings. The number of hydrogen-bond donors (Lipinski definition) is 1. The fourth-order valence-electron chi connectivity index (χ4n) is 3.64. The van der Waals surface area contributed by atoms with Crippen molar-refractivity contribution in [3.05, 3.63) is 34.9 Å². The zero-order valence-corrected chi connectivity index (χ0v) is 11.6. The molecule has 1 saturated carbocycles. The Kier molecular flexibility index (Phi) is 3.13. The van der Waals surface area contributed by atoms with E-state index in [1.807, 2.05) is 13.1 Å². The summed E-state index contributed by atoms with van der Waals surface area (Å²) in [5.74, 6) is 0. The van der Waals surface area contributed by atoms with Crippen molar-refractivity contribution in [2.24, 2.45) is 5.41 Å². The molecule has 3 rings (SSSR count). The summed E-state index contributed by atoms with van der Waals surface area (Å²) in [6.07, 6.45) is 3.93. The quantitative estimate of drug-likeness (QED) is 0.904. The highest BCUT2D eigenvalue weighted by molar-refractivity contribution is 6.30. The van der Waals surface area contributed by atoms with E-state index in [1.54, 1.807) is 0 Å². The van der Waals surface area contributed by atoms with E-state index in [0.717, 1.165) is 24.8 Å². The summed E-state index contributed by atoms with van der Waals surface area (Å²) in [7, 11) is 2.05. The van der Waals surface area contributed by atoms with Crippen LogP contribution in [0.5, 0.6) is 0 Å². The van der Waals surface area contributed by atoms with Crippen LogP contribution in [-0.2, 0) is 10.2 Å². The van der Waals surface area contributed by atoms with Gasteiger partial charge in [-0.1, -0.05) is 30.2 Å². The molecule has 1 aliphatic carbocycles. The second kappa shape index (κ2) is 4.52. The lowest BCUT2D eigenvalue weighted by Gasteiger charge is -2.60. The second-order valence-corrected chi connectivity index (χ2v) is 6.19. The first-order valence-electron chi connectivity index (χ1n) is 6.71. The Labute approximate surface area is 114 Å². The molecule has 0 amide bonds. The number of hydrogen-bond acceptors (Lipinski definition) is 2. The molecule has 1 heterocycles. The average Bonchev–Trinajstić information content (AvgIpc) is 2.24. The van der Waals surface area contributed by atoms with E-state index in [0.29, 0.717) is 5.41 Å². The largest absolute Gasteiger partial charge is 0.379 e. The van der Waals surface area contributed by atoms with Crippen LogP contribution < -0.4 is 5.32 Å². The molecular formula is C15H20ClNO. The predicted octanol–water partition coefficient (Wildman–Crippen LogP) is 3.00. The lowest BCUT2D eigenvalue weighted by molar-refractivity contribution is -0.156. The molecule has 2 aliphatic rings. The van der Waals surface area contributed by atoms with Crippen molar-refractivity contribution in [3.8, 4) is 0 Å². The van der Waals surface area contributed by atoms with E-state index >= 15 is 0 Å². The number of ether oxygens (including phenoxy) is 1. The van der Waals surface area contributed by atoms with E-state index in [1.165, 1.54) is 24.8 Å². The van der Waals surface area contributed by atoms with Gasteiger partial charge in [-0.3, -0.25) is 0 Å². The average molecular weight is 266 g/mol. The molecule has 18 heavy (non-hydrogen) atoms. The summed E-state index contributed by atoms with van der Waals surface area (Å²) in [6.45, 7) is 2.76. The van der Waals surface area contributed by atoms with Crippen LogP contribution >= 0.6 is 11.6 Å². The maximum Gasteiger partial charge on any atom is 0.0591 e. The van der Waals surface area contributed by atoms with Crippen LogP contribution in [0, 0.1) is 5.41 Å². The SMILES string of the molecule is CNCC1(C2(c3cccc(Cl)c3)COC2)CCC1. The third kappa shape index (κ3) is 1.63. The third-order valence-electron chi connectivity index (χ3n) is 4.92. The van der Waals surface area contributed by atoms with Crippen molar-refractivity contribution in [3.63, 3.8) is 0 Å². The van der Waals surface area contributed by atoms with Gasteiger partial charge in [-0.2, -0.15) is 0 Å². The molecule has 1 aliphatic heterocycles. The molecule has 3 heteroatoms. The number of halogens is 1. The fraction of sp³-hybridized carbons (Fsp3) is 0.600. The van der Waals surface area contributed by atoms with Crippen LogP contribution in [-0.4, -0.2) is 26.8 Å². The maximum atomic E-state index is 6.16. The zero-order valence-electron chi connectivity index (χ0n) is 10.8. The minimum atomic E-state index is 0.180.